The van der Waals surface area contributed by atoms with E-state index in [4.69, 9.17) is 5.73 Å². The van der Waals surface area contributed by atoms with E-state index in [0.29, 0.717) is 17.8 Å². The number of nitrogens with zero attached hydrogens (tertiary/aromatic N) is 1. The third-order valence-electron chi connectivity index (χ3n) is 3.53. The molecule has 0 aromatic heterocycles. The number of aryl methyl sites for hydroxylation is 2. The molecule has 0 amide bonds. The second kappa shape index (κ2) is 5.87. The highest BCUT2D eigenvalue weighted by atomic mass is 32.2. The summed E-state index contributed by atoms with van der Waals surface area (Å²) in [4.78, 5) is 0.209. The Balaban J connectivity index is 2.41. The Morgan fingerprint density at radius 2 is 1.57 bits per heavy atom. The SMILES string of the molecule is Cc1ccc(C)c(S(=O)(=O)N(C)Cc2ccccc2)c1N. The Labute approximate surface area is 126 Å². The number of nitrogen functional groups attached to an aromatic ring is 1. The second-order valence-electron chi connectivity index (χ2n) is 5.19. The second-order valence-corrected chi connectivity index (χ2v) is 7.17. The van der Waals surface area contributed by atoms with Gasteiger partial charge in [0.25, 0.3) is 0 Å². The largest absolute Gasteiger partial charge is 0.397 e. The summed E-state index contributed by atoms with van der Waals surface area (Å²) in [5, 5.41) is 0. The predicted octanol–water partition coefficient (Wildman–Crippen LogP) is 2.71. The number of benzene rings is 2. The van der Waals surface area contributed by atoms with Gasteiger partial charge in [-0.25, -0.2) is 8.42 Å². The van der Waals surface area contributed by atoms with Crippen molar-refractivity contribution in [3.8, 4) is 0 Å². The minimum atomic E-state index is -3.61. The normalized spacial score (nSPS) is 11.8. The summed E-state index contributed by atoms with van der Waals surface area (Å²) in [5.41, 5.74) is 8.70. The van der Waals surface area contributed by atoms with Crippen molar-refractivity contribution in [1.82, 2.24) is 4.31 Å². The molecule has 0 saturated heterocycles. The Hall–Kier alpha value is -1.85. The first-order valence-electron chi connectivity index (χ1n) is 6.70. The molecule has 2 rings (SSSR count). The first kappa shape index (κ1) is 15.5. The smallest absolute Gasteiger partial charge is 0.245 e. The van der Waals surface area contributed by atoms with Crippen LogP contribution in [0.15, 0.2) is 47.4 Å². The molecule has 0 atom stereocenters. The standard InChI is InChI=1S/C16H20N2O2S/c1-12-9-10-13(2)16(15(12)17)21(19,20)18(3)11-14-7-5-4-6-8-14/h4-10H,11,17H2,1-3H3. The number of hydrogen-bond donors (Lipinski definition) is 1. The van der Waals surface area contributed by atoms with E-state index in [1.54, 1.807) is 20.0 Å². The Kier molecular flexibility index (Phi) is 4.34. The molecule has 0 spiro atoms. The number of anilines is 1. The Bertz CT molecular complexity index is 740. The van der Waals surface area contributed by atoms with Crippen molar-refractivity contribution in [3.63, 3.8) is 0 Å². The van der Waals surface area contributed by atoms with Crippen molar-refractivity contribution in [3.05, 3.63) is 59.2 Å². The highest BCUT2D eigenvalue weighted by Gasteiger charge is 2.26. The van der Waals surface area contributed by atoms with Gasteiger partial charge in [-0.2, -0.15) is 4.31 Å². The average molecular weight is 304 g/mol. The van der Waals surface area contributed by atoms with Crippen LogP contribution in [0.3, 0.4) is 0 Å². The van der Waals surface area contributed by atoms with Crippen molar-refractivity contribution in [2.24, 2.45) is 0 Å². The summed E-state index contributed by atoms with van der Waals surface area (Å²) in [7, 11) is -2.04. The van der Waals surface area contributed by atoms with Gasteiger partial charge in [-0.05, 0) is 30.5 Å². The van der Waals surface area contributed by atoms with E-state index in [9.17, 15) is 8.42 Å². The van der Waals surface area contributed by atoms with E-state index >= 15 is 0 Å². The fraction of sp³-hybridized carbons (Fsp3) is 0.250. The zero-order chi connectivity index (χ0) is 15.6. The predicted molar refractivity (Wildman–Crippen MR) is 85.4 cm³/mol. The summed E-state index contributed by atoms with van der Waals surface area (Å²) < 4.78 is 26.9. The number of nitrogens with two attached hydrogens (primary N) is 1. The fourth-order valence-corrected chi connectivity index (χ4v) is 3.78. The van der Waals surface area contributed by atoms with Crippen LogP contribution in [0, 0.1) is 13.8 Å². The summed E-state index contributed by atoms with van der Waals surface area (Å²) >= 11 is 0. The average Bonchev–Trinajstić information content (AvgIpc) is 2.44. The molecule has 0 unspecified atom stereocenters. The quantitative estimate of drug-likeness (QED) is 0.883. The van der Waals surface area contributed by atoms with E-state index in [-0.39, 0.29) is 4.90 Å². The molecule has 0 aliphatic carbocycles. The first-order chi connectivity index (χ1) is 9.84. The van der Waals surface area contributed by atoms with Gasteiger partial charge in [0, 0.05) is 13.6 Å². The molecule has 0 fully saturated rings. The molecule has 2 aromatic rings. The third kappa shape index (κ3) is 3.09. The van der Waals surface area contributed by atoms with Gasteiger partial charge in [-0.15, -0.1) is 0 Å². The zero-order valence-corrected chi connectivity index (χ0v) is 13.3. The van der Waals surface area contributed by atoms with Crippen LogP contribution in [0.4, 0.5) is 5.69 Å². The summed E-state index contributed by atoms with van der Waals surface area (Å²) in [6, 6.07) is 13.1. The van der Waals surface area contributed by atoms with Crippen LogP contribution in [0.1, 0.15) is 16.7 Å². The van der Waals surface area contributed by atoms with Crippen LogP contribution >= 0.6 is 0 Å². The maximum Gasteiger partial charge on any atom is 0.245 e. The van der Waals surface area contributed by atoms with Gasteiger partial charge in [-0.1, -0.05) is 42.5 Å². The molecule has 0 saturated carbocycles. The van der Waals surface area contributed by atoms with Crippen molar-refractivity contribution >= 4 is 15.7 Å². The maximum atomic E-state index is 12.8. The topological polar surface area (TPSA) is 63.4 Å². The van der Waals surface area contributed by atoms with Crippen molar-refractivity contribution < 1.29 is 8.42 Å². The van der Waals surface area contributed by atoms with Crippen LogP contribution < -0.4 is 5.73 Å². The highest BCUT2D eigenvalue weighted by Crippen LogP contribution is 2.28. The molecular formula is C16H20N2O2S. The van der Waals surface area contributed by atoms with Crippen molar-refractivity contribution in [2.75, 3.05) is 12.8 Å². The van der Waals surface area contributed by atoms with Crippen LogP contribution in [0.25, 0.3) is 0 Å². The summed E-state index contributed by atoms with van der Waals surface area (Å²) in [5.74, 6) is 0. The van der Waals surface area contributed by atoms with E-state index in [0.717, 1.165) is 11.1 Å². The summed E-state index contributed by atoms with van der Waals surface area (Å²) in [6.07, 6.45) is 0. The van der Waals surface area contributed by atoms with Crippen LogP contribution in [0.2, 0.25) is 0 Å². The molecule has 21 heavy (non-hydrogen) atoms. The summed E-state index contributed by atoms with van der Waals surface area (Å²) in [6.45, 7) is 3.89. The lowest BCUT2D eigenvalue weighted by molar-refractivity contribution is 0.466. The number of rotatable bonds is 4. The minimum Gasteiger partial charge on any atom is -0.397 e. The first-order valence-corrected chi connectivity index (χ1v) is 8.14. The Morgan fingerprint density at radius 3 is 2.19 bits per heavy atom. The van der Waals surface area contributed by atoms with E-state index in [1.165, 1.54) is 4.31 Å². The van der Waals surface area contributed by atoms with Crippen molar-refractivity contribution in [2.45, 2.75) is 25.3 Å². The monoisotopic (exact) mass is 304 g/mol. The zero-order valence-electron chi connectivity index (χ0n) is 12.5. The lowest BCUT2D eigenvalue weighted by Crippen LogP contribution is -2.28. The molecule has 2 aromatic carbocycles. The van der Waals surface area contributed by atoms with Gasteiger partial charge in [0.1, 0.15) is 4.90 Å². The van der Waals surface area contributed by atoms with Crippen LogP contribution in [-0.4, -0.2) is 19.8 Å². The van der Waals surface area contributed by atoms with Gasteiger partial charge in [0.2, 0.25) is 10.0 Å². The van der Waals surface area contributed by atoms with E-state index in [2.05, 4.69) is 0 Å². The van der Waals surface area contributed by atoms with Gasteiger partial charge in [0.15, 0.2) is 0 Å². The lowest BCUT2D eigenvalue weighted by Gasteiger charge is -2.20. The maximum absolute atomic E-state index is 12.8. The molecule has 2 N–H and O–H groups in total. The van der Waals surface area contributed by atoms with E-state index < -0.39 is 10.0 Å². The van der Waals surface area contributed by atoms with Crippen LogP contribution in [0.5, 0.6) is 0 Å². The molecule has 0 aliphatic rings. The number of hydrogen-bond acceptors (Lipinski definition) is 3. The van der Waals surface area contributed by atoms with Crippen LogP contribution in [-0.2, 0) is 16.6 Å². The fourth-order valence-electron chi connectivity index (χ4n) is 2.23. The number of sulfonamides is 1. The lowest BCUT2D eigenvalue weighted by atomic mass is 10.1. The minimum absolute atomic E-state index is 0.209. The van der Waals surface area contributed by atoms with Gasteiger partial charge in [-0.3, -0.25) is 0 Å². The van der Waals surface area contributed by atoms with Crippen molar-refractivity contribution in [1.29, 1.82) is 0 Å². The van der Waals surface area contributed by atoms with Gasteiger partial charge >= 0.3 is 0 Å². The molecule has 0 radical (unpaired) electrons. The molecule has 112 valence electrons. The highest BCUT2D eigenvalue weighted by molar-refractivity contribution is 7.89. The van der Waals surface area contributed by atoms with Gasteiger partial charge in [0.05, 0.1) is 5.69 Å². The van der Waals surface area contributed by atoms with Gasteiger partial charge < -0.3 is 5.73 Å². The molecule has 4 nitrogen and oxygen atoms in total. The molecule has 0 heterocycles. The molecular weight excluding hydrogens is 284 g/mol. The molecule has 0 bridgehead atoms. The molecule has 5 heteroatoms. The molecule has 0 aliphatic heterocycles. The Morgan fingerprint density at radius 1 is 1.00 bits per heavy atom. The third-order valence-corrected chi connectivity index (χ3v) is 5.53. The van der Waals surface area contributed by atoms with E-state index in [1.807, 2.05) is 43.3 Å².